The van der Waals surface area contributed by atoms with Crippen LogP contribution >= 0.6 is 11.3 Å². The number of nitrogens with one attached hydrogen (secondary N) is 1. The fourth-order valence-electron chi connectivity index (χ4n) is 3.18. The summed E-state index contributed by atoms with van der Waals surface area (Å²) in [6.45, 7) is 9.89. The van der Waals surface area contributed by atoms with Gasteiger partial charge in [0.2, 0.25) is 0 Å². The third kappa shape index (κ3) is 2.77. The molecule has 5 heteroatoms. The summed E-state index contributed by atoms with van der Waals surface area (Å²) < 4.78 is 0. The molecule has 1 fully saturated rings. The molecule has 0 saturated carbocycles. The van der Waals surface area contributed by atoms with E-state index >= 15 is 0 Å². The number of aromatic nitrogens is 2. The number of anilines is 1. The van der Waals surface area contributed by atoms with Gasteiger partial charge in [-0.3, -0.25) is 0 Å². The molecule has 0 radical (unpaired) electrons. The summed E-state index contributed by atoms with van der Waals surface area (Å²) in [6, 6.07) is 0.552. The minimum Gasteiger partial charge on any atom is -0.352 e. The van der Waals surface area contributed by atoms with Gasteiger partial charge in [0.05, 0.1) is 5.39 Å². The second-order valence-electron chi connectivity index (χ2n) is 5.85. The molecule has 0 bridgehead atoms. The lowest BCUT2D eigenvalue weighted by atomic mass is 10.0. The number of rotatable bonds is 4. The number of hydrogen-bond donors (Lipinski definition) is 1. The van der Waals surface area contributed by atoms with Gasteiger partial charge < -0.3 is 10.2 Å². The van der Waals surface area contributed by atoms with E-state index in [1.807, 2.05) is 0 Å². The predicted octanol–water partition coefficient (Wildman–Crippen LogP) is 3.28. The molecule has 2 aromatic rings. The highest BCUT2D eigenvalue weighted by molar-refractivity contribution is 7.18. The first-order valence-corrected chi connectivity index (χ1v) is 8.72. The van der Waals surface area contributed by atoms with Gasteiger partial charge >= 0.3 is 0 Å². The van der Waals surface area contributed by atoms with Crippen LogP contribution in [0, 0.1) is 13.8 Å². The van der Waals surface area contributed by atoms with Crippen LogP contribution < -0.4 is 10.2 Å². The molecule has 4 nitrogen and oxygen atoms in total. The van der Waals surface area contributed by atoms with Crippen molar-refractivity contribution in [1.29, 1.82) is 0 Å². The summed E-state index contributed by atoms with van der Waals surface area (Å²) in [5, 5.41) is 4.79. The summed E-state index contributed by atoms with van der Waals surface area (Å²) in [7, 11) is 0. The maximum absolute atomic E-state index is 4.67. The van der Waals surface area contributed by atoms with Crippen molar-refractivity contribution in [2.24, 2.45) is 0 Å². The van der Waals surface area contributed by atoms with Crippen molar-refractivity contribution in [3.8, 4) is 0 Å². The molecule has 0 aromatic carbocycles. The fraction of sp³-hybridized carbons (Fsp3) is 0.625. The lowest BCUT2D eigenvalue weighted by Gasteiger charge is -2.35. The monoisotopic (exact) mass is 304 g/mol. The van der Waals surface area contributed by atoms with Crippen LogP contribution in [0.3, 0.4) is 0 Å². The molecule has 2 aromatic heterocycles. The number of thiophene rings is 1. The zero-order valence-corrected chi connectivity index (χ0v) is 14.0. The van der Waals surface area contributed by atoms with E-state index in [0.29, 0.717) is 6.04 Å². The van der Waals surface area contributed by atoms with Gasteiger partial charge in [0.25, 0.3) is 0 Å². The molecular formula is C16H24N4S. The molecule has 1 saturated heterocycles. The van der Waals surface area contributed by atoms with Crippen LogP contribution in [0.4, 0.5) is 5.82 Å². The second-order valence-corrected chi connectivity index (χ2v) is 7.06. The van der Waals surface area contributed by atoms with Crippen molar-refractivity contribution in [3.63, 3.8) is 0 Å². The molecule has 3 heterocycles. The van der Waals surface area contributed by atoms with Crippen molar-refractivity contribution in [2.45, 2.75) is 46.1 Å². The highest BCUT2D eigenvalue weighted by atomic mass is 32.1. The van der Waals surface area contributed by atoms with E-state index in [0.717, 1.165) is 36.7 Å². The molecule has 1 unspecified atom stereocenters. The Hall–Kier alpha value is -1.20. The Labute approximate surface area is 130 Å². The predicted molar refractivity (Wildman–Crippen MR) is 90.4 cm³/mol. The Balaban J connectivity index is 2.06. The Morgan fingerprint density at radius 2 is 2.24 bits per heavy atom. The first-order valence-electron chi connectivity index (χ1n) is 7.90. The summed E-state index contributed by atoms with van der Waals surface area (Å²) >= 11 is 1.78. The molecule has 3 rings (SSSR count). The lowest BCUT2D eigenvalue weighted by Crippen LogP contribution is -2.47. The fourth-order valence-corrected chi connectivity index (χ4v) is 4.17. The number of nitrogens with zero attached hydrogens (tertiary/aromatic N) is 3. The smallest absolute Gasteiger partial charge is 0.141 e. The Morgan fingerprint density at radius 3 is 2.95 bits per heavy atom. The van der Waals surface area contributed by atoms with Crippen LogP contribution in [0.5, 0.6) is 0 Å². The van der Waals surface area contributed by atoms with Gasteiger partial charge in [-0.25, -0.2) is 9.97 Å². The van der Waals surface area contributed by atoms with Crippen molar-refractivity contribution < 1.29 is 0 Å². The maximum atomic E-state index is 4.67. The molecule has 0 spiro atoms. The van der Waals surface area contributed by atoms with Crippen molar-refractivity contribution >= 4 is 27.4 Å². The van der Waals surface area contributed by atoms with Crippen LogP contribution in [0.1, 0.15) is 36.6 Å². The van der Waals surface area contributed by atoms with Crippen LogP contribution in [0.25, 0.3) is 10.2 Å². The summed E-state index contributed by atoms with van der Waals surface area (Å²) in [6.07, 6.45) is 5.37. The molecule has 0 amide bonds. The zero-order valence-electron chi connectivity index (χ0n) is 13.1. The van der Waals surface area contributed by atoms with Gasteiger partial charge in [0.1, 0.15) is 17.0 Å². The van der Waals surface area contributed by atoms with E-state index in [2.05, 4.69) is 41.0 Å². The molecular weight excluding hydrogens is 280 g/mol. The van der Waals surface area contributed by atoms with E-state index in [-0.39, 0.29) is 0 Å². The Morgan fingerprint density at radius 1 is 1.38 bits per heavy atom. The van der Waals surface area contributed by atoms with Crippen LogP contribution in [0.15, 0.2) is 6.33 Å². The quantitative estimate of drug-likeness (QED) is 0.941. The lowest BCUT2D eigenvalue weighted by molar-refractivity contribution is 0.429. The van der Waals surface area contributed by atoms with E-state index in [1.165, 1.54) is 28.7 Å². The molecule has 0 aliphatic carbocycles. The highest BCUT2D eigenvalue weighted by Crippen LogP contribution is 2.35. The van der Waals surface area contributed by atoms with Gasteiger partial charge in [-0.2, -0.15) is 0 Å². The zero-order chi connectivity index (χ0) is 14.8. The van der Waals surface area contributed by atoms with Gasteiger partial charge in [0, 0.05) is 24.0 Å². The topological polar surface area (TPSA) is 41.1 Å². The summed E-state index contributed by atoms with van der Waals surface area (Å²) in [4.78, 5) is 14.1. The number of fused-ring (bicyclic) bond motifs is 1. The van der Waals surface area contributed by atoms with Gasteiger partial charge in [0.15, 0.2) is 0 Å². The number of piperidine rings is 1. The Kier molecular flexibility index (Phi) is 4.40. The third-order valence-electron chi connectivity index (χ3n) is 4.39. The molecule has 21 heavy (non-hydrogen) atoms. The largest absolute Gasteiger partial charge is 0.352 e. The highest BCUT2D eigenvalue weighted by Gasteiger charge is 2.24. The van der Waals surface area contributed by atoms with Crippen LogP contribution in [0.2, 0.25) is 0 Å². The van der Waals surface area contributed by atoms with Gasteiger partial charge in [-0.1, -0.05) is 6.92 Å². The molecule has 1 atom stereocenters. The average molecular weight is 304 g/mol. The second kappa shape index (κ2) is 6.28. The Bertz CT molecular complexity index is 616. The molecule has 1 aliphatic heterocycles. The molecule has 1 aliphatic rings. The third-order valence-corrected chi connectivity index (χ3v) is 5.51. The molecule has 1 N–H and O–H groups in total. The first kappa shape index (κ1) is 14.7. The SMILES string of the molecule is CCCN(c1ncnc2sc(C)c(C)c12)C1CCCNC1. The number of aryl methyl sites for hydroxylation is 2. The number of hydrogen-bond acceptors (Lipinski definition) is 5. The van der Waals surface area contributed by atoms with E-state index in [9.17, 15) is 0 Å². The normalized spacial score (nSPS) is 19.1. The van der Waals surface area contributed by atoms with Gasteiger partial charge in [-0.05, 0) is 45.2 Å². The summed E-state index contributed by atoms with van der Waals surface area (Å²) in [5.74, 6) is 1.14. The van der Waals surface area contributed by atoms with E-state index in [1.54, 1.807) is 17.7 Å². The van der Waals surface area contributed by atoms with Crippen LogP contribution in [-0.2, 0) is 0 Å². The molecule has 114 valence electrons. The standard InChI is InChI=1S/C16H24N4S/c1-4-8-20(13-6-5-7-17-9-13)15-14-11(2)12(3)21-16(14)19-10-18-15/h10,13,17H,4-9H2,1-3H3. The maximum Gasteiger partial charge on any atom is 0.141 e. The minimum atomic E-state index is 0.552. The first-order chi connectivity index (χ1) is 10.2. The minimum absolute atomic E-state index is 0.552. The average Bonchev–Trinajstić information content (AvgIpc) is 2.81. The van der Waals surface area contributed by atoms with Crippen LogP contribution in [-0.4, -0.2) is 35.6 Å². The van der Waals surface area contributed by atoms with Crippen molar-refractivity contribution in [3.05, 3.63) is 16.8 Å². The van der Waals surface area contributed by atoms with Crippen molar-refractivity contribution in [1.82, 2.24) is 15.3 Å². The van der Waals surface area contributed by atoms with E-state index < -0.39 is 0 Å². The van der Waals surface area contributed by atoms with E-state index in [4.69, 9.17) is 0 Å². The van der Waals surface area contributed by atoms with Crippen molar-refractivity contribution in [2.75, 3.05) is 24.5 Å². The summed E-state index contributed by atoms with van der Waals surface area (Å²) in [5.41, 5.74) is 1.34. The van der Waals surface area contributed by atoms with Gasteiger partial charge in [-0.15, -0.1) is 11.3 Å².